The van der Waals surface area contributed by atoms with Gasteiger partial charge in [-0.3, -0.25) is 4.98 Å². The average molecular weight is 265 g/mol. The van der Waals surface area contributed by atoms with E-state index in [9.17, 15) is 0 Å². The van der Waals surface area contributed by atoms with E-state index in [2.05, 4.69) is 4.98 Å². The molecule has 2 rings (SSSR count). The minimum atomic E-state index is 0.464. The average Bonchev–Trinajstić information content (AvgIpc) is 2.38. The molecule has 0 fully saturated rings. The van der Waals surface area contributed by atoms with Gasteiger partial charge in [-0.15, -0.1) is 11.8 Å². The number of hydrogen-bond donors (Lipinski definition) is 1. The second-order valence-electron chi connectivity index (χ2n) is 3.53. The Labute approximate surface area is 110 Å². The molecule has 0 radical (unpaired) electrons. The lowest BCUT2D eigenvalue weighted by atomic mass is 10.2. The number of rotatable bonds is 4. The zero-order valence-corrected chi connectivity index (χ0v) is 10.8. The van der Waals surface area contributed by atoms with E-state index in [0.29, 0.717) is 6.54 Å². The summed E-state index contributed by atoms with van der Waals surface area (Å²) in [7, 11) is 0. The summed E-state index contributed by atoms with van der Waals surface area (Å²) >= 11 is 7.82. The van der Waals surface area contributed by atoms with Crippen LogP contribution in [0.5, 0.6) is 0 Å². The van der Waals surface area contributed by atoms with Crippen LogP contribution in [-0.4, -0.2) is 4.98 Å². The molecule has 0 aliphatic heterocycles. The van der Waals surface area contributed by atoms with Crippen LogP contribution >= 0.6 is 23.4 Å². The fourth-order valence-corrected chi connectivity index (χ4v) is 2.80. The highest BCUT2D eigenvalue weighted by molar-refractivity contribution is 7.98. The SMILES string of the molecule is NCc1ncccc1SCc1ccccc1Cl. The maximum absolute atomic E-state index is 6.11. The Morgan fingerprint density at radius 1 is 1.18 bits per heavy atom. The number of aromatic nitrogens is 1. The Morgan fingerprint density at radius 2 is 2.00 bits per heavy atom. The molecule has 0 unspecified atom stereocenters. The third-order valence-electron chi connectivity index (χ3n) is 2.38. The van der Waals surface area contributed by atoms with Crippen molar-refractivity contribution in [2.45, 2.75) is 17.2 Å². The molecule has 0 atom stereocenters. The number of halogens is 1. The maximum Gasteiger partial charge on any atom is 0.0675 e. The molecule has 88 valence electrons. The summed E-state index contributed by atoms with van der Waals surface area (Å²) in [5.74, 6) is 0.832. The summed E-state index contributed by atoms with van der Waals surface area (Å²) in [4.78, 5) is 5.37. The van der Waals surface area contributed by atoms with E-state index >= 15 is 0 Å². The third kappa shape index (κ3) is 3.22. The molecule has 1 aromatic carbocycles. The van der Waals surface area contributed by atoms with Gasteiger partial charge in [-0.1, -0.05) is 29.8 Å². The van der Waals surface area contributed by atoms with Gasteiger partial charge in [0, 0.05) is 28.4 Å². The van der Waals surface area contributed by atoms with Crippen molar-refractivity contribution < 1.29 is 0 Å². The van der Waals surface area contributed by atoms with Crippen LogP contribution in [0.4, 0.5) is 0 Å². The van der Waals surface area contributed by atoms with Crippen molar-refractivity contribution in [1.82, 2.24) is 4.98 Å². The van der Waals surface area contributed by atoms with E-state index in [0.717, 1.165) is 26.9 Å². The zero-order chi connectivity index (χ0) is 12.1. The van der Waals surface area contributed by atoms with Crippen LogP contribution in [0.3, 0.4) is 0 Å². The second kappa shape index (κ2) is 6.05. The van der Waals surface area contributed by atoms with Crippen molar-refractivity contribution >= 4 is 23.4 Å². The molecule has 0 spiro atoms. The molecule has 1 heterocycles. The maximum atomic E-state index is 6.11. The van der Waals surface area contributed by atoms with Crippen molar-refractivity contribution in [3.63, 3.8) is 0 Å². The van der Waals surface area contributed by atoms with Crippen molar-refractivity contribution in [1.29, 1.82) is 0 Å². The molecule has 0 saturated carbocycles. The summed E-state index contributed by atoms with van der Waals surface area (Å²) < 4.78 is 0. The topological polar surface area (TPSA) is 38.9 Å². The molecule has 17 heavy (non-hydrogen) atoms. The van der Waals surface area contributed by atoms with Gasteiger partial charge in [0.05, 0.1) is 5.69 Å². The van der Waals surface area contributed by atoms with Crippen LogP contribution < -0.4 is 5.73 Å². The minimum Gasteiger partial charge on any atom is -0.325 e. The van der Waals surface area contributed by atoms with E-state index < -0.39 is 0 Å². The Balaban J connectivity index is 2.10. The summed E-state index contributed by atoms with van der Waals surface area (Å²) in [5, 5.41) is 0.804. The fourth-order valence-electron chi connectivity index (χ4n) is 1.48. The number of benzene rings is 1. The van der Waals surface area contributed by atoms with Gasteiger partial charge >= 0.3 is 0 Å². The molecular formula is C13H13ClN2S. The van der Waals surface area contributed by atoms with E-state index in [4.69, 9.17) is 17.3 Å². The highest BCUT2D eigenvalue weighted by atomic mass is 35.5. The first-order valence-corrected chi connectivity index (χ1v) is 6.68. The number of pyridine rings is 1. The number of nitrogens with two attached hydrogens (primary N) is 1. The fraction of sp³-hybridized carbons (Fsp3) is 0.154. The van der Waals surface area contributed by atoms with E-state index in [1.807, 2.05) is 36.4 Å². The predicted octanol–water partition coefficient (Wildman–Crippen LogP) is 3.49. The summed E-state index contributed by atoms with van der Waals surface area (Å²) in [5.41, 5.74) is 7.71. The lowest BCUT2D eigenvalue weighted by Gasteiger charge is -2.07. The molecule has 0 aliphatic carbocycles. The van der Waals surface area contributed by atoms with Crippen molar-refractivity contribution in [3.05, 3.63) is 58.9 Å². The summed E-state index contributed by atoms with van der Waals surface area (Å²) in [6, 6.07) is 11.8. The van der Waals surface area contributed by atoms with Gasteiger partial charge in [-0.05, 0) is 23.8 Å². The lowest BCUT2D eigenvalue weighted by molar-refractivity contribution is 0.943. The summed E-state index contributed by atoms with van der Waals surface area (Å²) in [6.45, 7) is 0.464. The van der Waals surface area contributed by atoms with Gasteiger partial charge < -0.3 is 5.73 Å². The third-order valence-corrected chi connectivity index (χ3v) is 3.89. The quantitative estimate of drug-likeness (QED) is 0.860. The van der Waals surface area contributed by atoms with E-state index in [-0.39, 0.29) is 0 Å². The van der Waals surface area contributed by atoms with E-state index in [1.54, 1.807) is 18.0 Å². The number of nitrogens with zero attached hydrogens (tertiary/aromatic N) is 1. The van der Waals surface area contributed by atoms with Crippen LogP contribution in [0.15, 0.2) is 47.5 Å². The molecular weight excluding hydrogens is 252 g/mol. The highest BCUT2D eigenvalue weighted by Gasteiger charge is 2.04. The Hall–Kier alpha value is -1.03. The normalized spacial score (nSPS) is 10.5. The molecule has 1 aromatic heterocycles. The Morgan fingerprint density at radius 3 is 2.76 bits per heavy atom. The molecule has 0 amide bonds. The predicted molar refractivity (Wildman–Crippen MR) is 73.1 cm³/mol. The largest absolute Gasteiger partial charge is 0.325 e. The zero-order valence-electron chi connectivity index (χ0n) is 9.27. The molecule has 0 aliphatic rings. The first-order chi connectivity index (χ1) is 8.31. The van der Waals surface area contributed by atoms with Crippen LogP contribution in [0.1, 0.15) is 11.3 Å². The molecule has 0 bridgehead atoms. The van der Waals surface area contributed by atoms with Gasteiger partial charge in [-0.2, -0.15) is 0 Å². The smallest absolute Gasteiger partial charge is 0.0675 e. The number of hydrogen-bond acceptors (Lipinski definition) is 3. The van der Waals surface area contributed by atoms with Gasteiger partial charge in [-0.25, -0.2) is 0 Å². The van der Waals surface area contributed by atoms with Crippen molar-refractivity contribution in [2.75, 3.05) is 0 Å². The van der Waals surface area contributed by atoms with Crippen molar-refractivity contribution in [3.8, 4) is 0 Å². The molecule has 2 nitrogen and oxygen atoms in total. The molecule has 2 N–H and O–H groups in total. The summed E-state index contributed by atoms with van der Waals surface area (Å²) in [6.07, 6.45) is 1.77. The van der Waals surface area contributed by atoms with Gasteiger partial charge in [0.15, 0.2) is 0 Å². The standard InChI is InChI=1S/C13H13ClN2S/c14-11-5-2-1-4-10(11)9-17-13-6-3-7-16-12(13)8-15/h1-7H,8-9,15H2. The first-order valence-electron chi connectivity index (χ1n) is 5.31. The van der Waals surface area contributed by atoms with Gasteiger partial charge in [0.2, 0.25) is 0 Å². The molecule has 0 saturated heterocycles. The van der Waals surface area contributed by atoms with Gasteiger partial charge in [0.25, 0.3) is 0 Å². The molecule has 4 heteroatoms. The van der Waals surface area contributed by atoms with Crippen LogP contribution in [0.2, 0.25) is 5.02 Å². The van der Waals surface area contributed by atoms with Crippen LogP contribution in [-0.2, 0) is 12.3 Å². The second-order valence-corrected chi connectivity index (χ2v) is 4.96. The molecule has 2 aromatic rings. The van der Waals surface area contributed by atoms with Crippen LogP contribution in [0, 0.1) is 0 Å². The Kier molecular flexibility index (Phi) is 4.42. The highest BCUT2D eigenvalue weighted by Crippen LogP contribution is 2.27. The van der Waals surface area contributed by atoms with Crippen LogP contribution in [0.25, 0.3) is 0 Å². The number of thioether (sulfide) groups is 1. The lowest BCUT2D eigenvalue weighted by Crippen LogP contribution is -2.01. The first kappa shape index (κ1) is 12.4. The van der Waals surface area contributed by atoms with Gasteiger partial charge in [0.1, 0.15) is 0 Å². The van der Waals surface area contributed by atoms with Crippen molar-refractivity contribution in [2.24, 2.45) is 5.73 Å². The monoisotopic (exact) mass is 264 g/mol. The Bertz CT molecular complexity index is 502. The minimum absolute atomic E-state index is 0.464. The van der Waals surface area contributed by atoms with E-state index in [1.165, 1.54) is 0 Å².